The van der Waals surface area contributed by atoms with Crippen LogP contribution < -0.4 is 5.32 Å². The number of ether oxygens (including phenoxy) is 1. The van der Waals surface area contributed by atoms with Gasteiger partial charge in [0, 0.05) is 4.47 Å². The van der Waals surface area contributed by atoms with Crippen LogP contribution >= 0.6 is 15.9 Å². The van der Waals surface area contributed by atoms with E-state index in [1.54, 1.807) is 0 Å². The summed E-state index contributed by atoms with van der Waals surface area (Å²) < 4.78 is 6.02. The zero-order valence-electron chi connectivity index (χ0n) is 6.79. The topological polar surface area (TPSA) is 38.3 Å². The summed E-state index contributed by atoms with van der Waals surface area (Å²) in [6.07, 6.45) is -0.491. The van der Waals surface area contributed by atoms with Crippen molar-refractivity contribution in [1.82, 2.24) is 5.32 Å². The van der Waals surface area contributed by atoms with Gasteiger partial charge in [-0.15, -0.1) is 0 Å². The first-order chi connectivity index (χ1) is 6.25. The molecule has 1 fully saturated rings. The number of carbonyl (C=O) groups excluding carboxylic acids is 1. The molecule has 1 heterocycles. The molecule has 0 unspecified atom stereocenters. The number of hydrogen-bond donors (Lipinski definition) is 1. The highest BCUT2D eigenvalue weighted by Gasteiger charge is 2.23. The third-order valence-electron chi connectivity index (χ3n) is 1.90. The van der Waals surface area contributed by atoms with Crippen LogP contribution in [-0.2, 0) is 4.74 Å². The molecule has 1 aliphatic heterocycles. The zero-order valence-corrected chi connectivity index (χ0v) is 8.37. The van der Waals surface area contributed by atoms with Crippen molar-refractivity contribution >= 4 is 22.0 Å². The van der Waals surface area contributed by atoms with E-state index in [4.69, 9.17) is 4.74 Å². The summed E-state index contributed by atoms with van der Waals surface area (Å²) in [5.74, 6) is 0. The Hall–Kier alpha value is -1.03. The second kappa shape index (κ2) is 3.38. The Labute approximate surface area is 84.2 Å². The highest BCUT2D eigenvalue weighted by molar-refractivity contribution is 9.10. The molecule has 13 heavy (non-hydrogen) atoms. The van der Waals surface area contributed by atoms with E-state index < -0.39 is 0 Å². The fourth-order valence-electron chi connectivity index (χ4n) is 1.28. The monoisotopic (exact) mass is 241 g/mol. The Kier molecular flexibility index (Phi) is 2.22. The van der Waals surface area contributed by atoms with Crippen molar-refractivity contribution in [3.63, 3.8) is 0 Å². The van der Waals surface area contributed by atoms with Crippen LogP contribution in [-0.4, -0.2) is 12.6 Å². The molecule has 0 spiro atoms. The molecule has 1 saturated heterocycles. The van der Waals surface area contributed by atoms with Crippen LogP contribution in [0.15, 0.2) is 28.7 Å². The fourth-order valence-corrected chi connectivity index (χ4v) is 1.70. The van der Waals surface area contributed by atoms with Gasteiger partial charge in [-0.1, -0.05) is 28.1 Å². The van der Waals surface area contributed by atoms with Crippen LogP contribution in [0.3, 0.4) is 0 Å². The first-order valence-electron chi connectivity index (χ1n) is 3.95. The second-order valence-electron chi connectivity index (χ2n) is 2.83. The van der Waals surface area contributed by atoms with Crippen molar-refractivity contribution < 1.29 is 9.53 Å². The summed E-state index contributed by atoms with van der Waals surface area (Å²) >= 11 is 3.36. The van der Waals surface area contributed by atoms with E-state index in [0.717, 1.165) is 10.0 Å². The zero-order chi connectivity index (χ0) is 9.26. The predicted molar refractivity (Wildman–Crippen MR) is 51.4 cm³/mol. The highest BCUT2D eigenvalue weighted by Crippen LogP contribution is 2.23. The standard InChI is InChI=1S/C9H8BrNO2/c10-7-3-1-2-6(4-7)8-5-11-9(12)13-8/h1-4,8H,5H2,(H,11,12)/t8-/m1/s1. The fraction of sp³-hybridized carbons (Fsp3) is 0.222. The van der Waals surface area contributed by atoms with Crippen molar-refractivity contribution in [2.45, 2.75) is 6.10 Å². The number of rotatable bonds is 1. The van der Waals surface area contributed by atoms with Crippen molar-refractivity contribution in [2.75, 3.05) is 6.54 Å². The lowest BCUT2D eigenvalue weighted by molar-refractivity contribution is 0.141. The first kappa shape index (κ1) is 8.56. The van der Waals surface area contributed by atoms with Gasteiger partial charge < -0.3 is 10.1 Å². The van der Waals surface area contributed by atoms with E-state index in [-0.39, 0.29) is 12.2 Å². The van der Waals surface area contributed by atoms with E-state index in [9.17, 15) is 4.79 Å². The van der Waals surface area contributed by atoms with Crippen LogP contribution in [0.4, 0.5) is 4.79 Å². The van der Waals surface area contributed by atoms with Gasteiger partial charge in [0.05, 0.1) is 6.54 Å². The van der Waals surface area contributed by atoms with Crippen LogP contribution in [0.2, 0.25) is 0 Å². The Morgan fingerprint density at radius 2 is 2.38 bits per heavy atom. The molecule has 4 heteroatoms. The van der Waals surface area contributed by atoms with E-state index in [2.05, 4.69) is 21.2 Å². The maximum absolute atomic E-state index is 10.8. The number of alkyl carbamates (subject to hydrolysis) is 1. The average molecular weight is 242 g/mol. The summed E-state index contributed by atoms with van der Waals surface area (Å²) in [6, 6.07) is 7.75. The molecular formula is C9H8BrNO2. The molecule has 0 radical (unpaired) electrons. The maximum atomic E-state index is 10.8. The SMILES string of the molecule is O=C1NC[C@H](c2cccc(Br)c2)O1. The summed E-state index contributed by atoms with van der Waals surface area (Å²) in [5.41, 5.74) is 1.01. The largest absolute Gasteiger partial charge is 0.439 e. The Bertz CT molecular complexity index is 340. The molecule has 0 saturated carbocycles. The molecule has 0 aliphatic carbocycles. The Balaban J connectivity index is 2.21. The number of nitrogens with one attached hydrogen (secondary N) is 1. The van der Waals surface area contributed by atoms with Crippen LogP contribution in [0.5, 0.6) is 0 Å². The quantitative estimate of drug-likeness (QED) is 0.819. The molecule has 1 atom stereocenters. The van der Waals surface area contributed by atoms with Crippen molar-refractivity contribution in [3.05, 3.63) is 34.3 Å². The van der Waals surface area contributed by atoms with Gasteiger partial charge in [-0.05, 0) is 17.7 Å². The lowest BCUT2D eigenvalue weighted by atomic mass is 10.1. The first-order valence-corrected chi connectivity index (χ1v) is 4.75. The lowest BCUT2D eigenvalue weighted by Crippen LogP contribution is -2.12. The van der Waals surface area contributed by atoms with Crippen LogP contribution in [0.25, 0.3) is 0 Å². The minimum absolute atomic E-state index is 0.148. The van der Waals surface area contributed by atoms with E-state index >= 15 is 0 Å². The van der Waals surface area contributed by atoms with Crippen LogP contribution in [0.1, 0.15) is 11.7 Å². The van der Waals surface area contributed by atoms with Gasteiger partial charge in [-0.3, -0.25) is 0 Å². The minimum Gasteiger partial charge on any atom is -0.439 e. The molecule has 0 aromatic heterocycles. The van der Waals surface area contributed by atoms with E-state index in [0.29, 0.717) is 6.54 Å². The predicted octanol–water partition coefficient (Wildman–Crippen LogP) is 2.23. The molecule has 1 aromatic carbocycles. The number of hydrogen-bond acceptors (Lipinski definition) is 2. The van der Waals surface area contributed by atoms with Gasteiger partial charge in [0.2, 0.25) is 0 Å². The Morgan fingerprint density at radius 3 is 3.00 bits per heavy atom. The van der Waals surface area contributed by atoms with Gasteiger partial charge in [-0.25, -0.2) is 4.79 Å². The summed E-state index contributed by atoms with van der Waals surface area (Å²) in [6.45, 7) is 0.551. The molecule has 1 amide bonds. The van der Waals surface area contributed by atoms with Gasteiger partial charge in [0.15, 0.2) is 0 Å². The Morgan fingerprint density at radius 1 is 1.54 bits per heavy atom. The van der Waals surface area contributed by atoms with Crippen molar-refractivity contribution in [1.29, 1.82) is 0 Å². The number of amides is 1. The number of carbonyl (C=O) groups is 1. The molecule has 3 nitrogen and oxygen atoms in total. The van der Waals surface area contributed by atoms with Gasteiger partial charge in [0.1, 0.15) is 6.10 Å². The highest BCUT2D eigenvalue weighted by atomic mass is 79.9. The average Bonchev–Trinajstić information content (AvgIpc) is 2.52. The molecule has 1 N–H and O–H groups in total. The summed E-state index contributed by atoms with van der Waals surface area (Å²) in [4.78, 5) is 10.8. The summed E-state index contributed by atoms with van der Waals surface area (Å²) in [5, 5.41) is 2.61. The minimum atomic E-state index is -0.343. The molecule has 2 rings (SSSR count). The van der Waals surface area contributed by atoms with Gasteiger partial charge in [-0.2, -0.15) is 0 Å². The number of benzene rings is 1. The molecule has 68 valence electrons. The van der Waals surface area contributed by atoms with E-state index in [1.165, 1.54) is 0 Å². The van der Waals surface area contributed by atoms with Gasteiger partial charge in [0.25, 0.3) is 0 Å². The van der Waals surface area contributed by atoms with Crippen LogP contribution in [0, 0.1) is 0 Å². The van der Waals surface area contributed by atoms with Gasteiger partial charge >= 0.3 is 6.09 Å². The summed E-state index contributed by atoms with van der Waals surface area (Å²) in [7, 11) is 0. The maximum Gasteiger partial charge on any atom is 0.407 e. The molecular weight excluding hydrogens is 234 g/mol. The number of halogens is 1. The normalized spacial score (nSPS) is 21.0. The number of cyclic esters (lactones) is 1. The van der Waals surface area contributed by atoms with E-state index in [1.807, 2.05) is 24.3 Å². The second-order valence-corrected chi connectivity index (χ2v) is 3.75. The molecule has 0 bridgehead atoms. The molecule has 1 aromatic rings. The lowest BCUT2D eigenvalue weighted by Gasteiger charge is -2.07. The third-order valence-corrected chi connectivity index (χ3v) is 2.39. The third kappa shape index (κ3) is 1.83. The van der Waals surface area contributed by atoms with Crippen molar-refractivity contribution in [3.8, 4) is 0 Å². The van der Waals surface area contributed by atoms with Crippen molar-refractivity contribution in [2.24, 2.45) is 0 Å². The molecule has 1 aliphatic rings. The smallest absolute Gasteiger partial charge is 0.407 e.